The second-order valence-electron chi connectivity index (χ2n) is 6.57. The maximum absolute atomic E-state index is 13.8. The van der Waals surface area contributed by atoms with Crippen LogP contribution in [0.15, 0.2) is 48.8 Å². The molecule has 3 aromatic rings. The van der Waals surface area contributed by atoms with Gasteiger partial charge in [0, 0.05) is 24.4 Å². The van der Waals surface area contributed by atoms with Crippen LogP contribution in [-0.2, 0) is 4.74 Å². The summed E-state index contributed by atoms with van der Waals surface area (Å²) < 4.78 is 33.0. The second-order valence-corrected chi connectivity index (χ2v) is 6.57. The van der Waals surface area contributed by atoms with E-state index in [0.29, 0.717) is 42.9 Å². The van der Waals surface area contributed by atoms with Crippen molar-refractivity contribution in [2.45, 2.75) is 18.6 Å². The number of rotatable bonds is 4. The molecule has 0 saturated carbocycles. The monoisotopic (exact) mass is 371 g/mol. The lowest BCUT2D eigenvalue weighted by molar-refractivity contribution is 0.0677. The minimum absolute atomic E-state index is 0.153. The van der Waals surface area contributed by atoms with E-state index in [9.17, 15) is 13.9 Å². The molecule has 2 atom stereocenters. The van der Waals surface area contributed by atoms with Crippen molar-refractivity contribution in [1.29, 1.82) is 0 Å². The van der Waals surface area contributed by atoms with E-state index in [0.717, 1.165) is 17.7 Å². The average molecular weight is 371 g/mol. The van der Waals surface area contributed by atoms with Crippen LogP contribution in [0, 0.1) is 11.6 Å². The second kappa shape index (κ2) is 7.54. The van der Waals surface area contributed by atoms with Crippen molar-refractivity contribution >= 4 is 16.7 Å². The van der Waals surface area contributed by atoms with Gasteiger partial charge in [0.2, 0.25) is 0 Å². The summed E-state index contributed by atoms with van der Waals surface area (Å²) in [5.74, 6) is -1.36. The fourth-order valence-electron chi connectivity index (χ4n) is 3.46. The van der Waals surface area contributed by atoms with E-state index in [4.69, 9.17) is 4.74 Å². The van der Waals surface area contributed by atoms with Crippen molar-refractivity contribution in [3.8, 4) is 0 Å². The normalized spacial score (nSPS) is 18.6. The van der Waals surface area contributed by atoms with Gasteiger partial charge in [-0.1, -0.05) is 30.3 Å². The number of aromatic nitrogens is 2. The van der Waals surface area contributed by atoms with Gasteiger partial charge >= 0.3 is 0 Å². The highest BCUT2D eigenvalue weighted by atomic mass is 19.2. The molecule has 27 heavy (non-hydrogen) atoms. The number of benzene rings is 2. The van der Waals surface area contributed by atoms with Crippen LogP contribution in [-0.4, -0.2) is 40.9 Å². The molecule has 1 aliphatic rings. The van der Waals surface area contributed by atoms with E-state index in [2.05, 4.69) is 9.97 Å². The Bertz CT molecular complexity index is 939. The zero-order chi connectivity index (χ0) is 18.8. The molecule has 1 aromatic heterocycles. The molecule has 5 nitrogen and oxygen atoms in total. The molecule has 0 amide bonds. The third-order valence-corrected chi connectivity index (χ3v) is 4.84. The first-order valence-electron chi connectivity index (χ1n) is 8.80. The third-order valence-electron chi connectivity index (χ3n) is 4.84. The van der Waals surface area contributed by atoms with Gasteiger partial charge in [0.05, 0.1) is 30.9 Å². The summed E-state index contributed by atoms with van der Waals surface area (Å²) in [4.78, 5) is 10.4. The number of anilines is 1. The number of morpholine rings is 1. The molecule has 140 valence electrons. The lowest BCUT2D eigenvalue weighted by Crippen LogP contribution is -2.46. The van der Waals surface area contributed by atoms with E-state index in [1.807, 2.05) is 35.2 Å². The van der Waals surface area contributed by atoms with Crippen LogP contribution in [0.2, 0.25) is 0 Å². The van der Waals surface area contributed by atoms with E-state index in [1.54, 1.807) is 0 Å². The van der Waals surface area contributed by atoms with Crippen molar-refractivity contribution in [1.82, 2.24) is 9.97 Å². The summed E-state index contributed by atoms with van der Waals surface area (Å²) in [5, 5.41) is 11.0. The molecule has 2 heterocycles. The minimum Gasteiger partial charge on any atom is -0.388 e. The average Bonchev–Trinajstić information content (AvgIpc) is 2.70. The molecule has 1 N–H and O–H groups in total. The van der Waals surface area contributed by atoms with E-state index < -0.39 is 17.7 Å². The largest absolute Gasteiger partial charge is 0.388 e. The highest BCUT2D eigenvalue weighted by molar-refractivity contribution is 5.89. The molecule has 1 saturated heterocycles. The molecule has 0 unspecified atom stereocenters. The van der Waals surface area contributed by atoms with Crippen LogP contribution < -0.4 is 4.90 Å². The summed E-state index contributed by atoms with van der Waals surface area (Å²) in [7, 11) is 0. The zero-order valence-electron chi connectivity index (χ0n) is 14.6. The topological polar surface area (TPSA) is 58.5 Å². The molecule has 1 fully saturated rings. The maximum atomic E-state index is 13.8. The van der Waals surface area contributed by atoms with E-state index in [1.165, 1.54) is 6.33 Å². The summed E-state index contributed by atoms with van der Waals surface area (Å²) in [6.45, 7) is 1.45. The minimum atomic E-state index is -0.940. The molecule has 0 radical (unpaired) electrons. The summed E-state index contributed by atoms with van der Waals surface area (Å²) in [6, 6.07) is 11.4. The Hall–Kier alpha value is -2.64. The van der Waals surface area contributed by atoms with Gasteiger partial charge in [-0.15, -0.1) is 0 Å². The standard InChI is InChI=1S/C20H19F2N3O2/c21-16-9-15-18(10-17(16)22)23-12-24-20(15)25-6-7-27-11-14(25)8-19(26)13-4-2-1-3-5-13/h1-5,9-10,12,14,19,26H,6-8,11H2/t14-,19+/m0/s1. The Balaban J connectivity index is 1.67. The Kier molecular flexibility index (Phi) is 4.96. The first kappa shape index (κ1) is 17.8. The number of halogens is 2. The fraction of sp³-hybridized carbons (Fsp3) is 0.300. The van der Waals surface area contributed by atoms with Crippen molar-refractivity contribution < 1.29 is 18.6 Å². The molecule has 4 rings (SSSR count). The number of hydrogen-bond donors (Lipinski definition) is 1. The predicted octanol–water partition coefficient (Wildman–Crippen LogP) is 3.24. The van der Waals surface area contributed by atoms with Crippen LogP contribution in [0.5, 0.6) is 0 Å². The van der Waals surface area contributed by atoms with Crippen molar-refractivity contribution in [3.05, 3.63) is 66.0 Å². The number of aliphatic hydroxyl groups excluding tert-OH is 1. The molecule has 1 aliphatic heterocycles. The molecule has 2 aromatic carbocycles. The van der Waals surface area contributed by atoms with E-state index in [-0.39, 0.29) is 6.04 Å². The Morgan fingerprint density at radius 1 is 1.15 bits per heavy atom. The van der Waals surface area contributed by atoms with Crippen LogP contribution in [0.25, 0.3) is 10.9 Å². The van der Waals surface area contributed by atoms with Crippen LogP contribution in [0.1, 0.15) is 18.1 Å². The molecule has 7 heteroatoms. The van der Waals surface area contributed by atoms with Crippen molar-refractivity contribution in [3.63, 3.8) is 0 Å². The predicted molar refractivity (Wildman–Crippen MR) is 97.4 cm³/mol. The highest BCUT2D eigenvalue weighted by Gasteiger charge is 2.28. The van der Waals surface area contributed by atoms with E-state index >= 15 is 0 Å². The van der Waals surface area contributed by atoms with Crippen LogP contribution in [0.3, 0.4) is 0 Å². The Morgan fingerprint density at radius 3 is 2.74 bits per heavy atom. The fourth-order valence-corrected chi connectivity index (χ4v) is 3.46. The summed E-state index contributed by atoms with van der Waals surface area (Å²) in [6.07, 6.45) is 1.11. The highest BCUT2D eigenvalue weighted by Crippen LogP contribution is 2.30. The first-order valence-corrected chi connectivity index (χ1v) is 8.80. The van der Waals surface area contributed by atoms with Gasteiger partial charge in [-0.05, 0) is 11.6 Å². The smallest absolute Gasteiger partial charge is 0.161 e. The van der Waals surface area contributed by atoms with Crippen molar-refractivity contribution in [2.75, 3.05) is 24.7 Å². The molecule has 0 aliphatic carbocycles. The lowest BCUT2D eigenvalue weighted by Gasteiger charge is -2.38. The van der Waals surface area contributed by atoms with Gasteiger partial charge in [0.1, 0.15) is 12.1 Å². The number of aliphatic hydroxyl groups is 1. The first-order chi connectivity index (χ1) is 13.1. The SMILES string of the molecule is O[C@H](C[C@H]1COCCN1c1ncnc2cc(F)c(F)cc12)c1ccccc1. The zero-order valence-corrected chi connectivity index (χ0v) is 14.6. The van der Waals surface area contributed by atoms with Gasteiger partial charge < -0.3 is 14.7 Å². The van der Waals surface area contributed by atoms with Gasteiger partial charge in [-0.2, -0.15) is 0 Å². The molecule has 0 spiro atoms. The quantitative estimate of drug-likeness (QED) is 0.763. The maximum Gasteiger partial charge on any atom is 0.161 e. The van der Waals surface area contributed by atoms with Crippen LogP contribution >= 0.6 is 0 Å². The number of fused-ring (bicyclic) bond motifs is 1. The summed E-state index contributed by atoms with van der Waals surface area (Å²) >= 11 is 0. The molecular formula is C20H19F2N3O2. The van der Waals surface area contributed by atoms with Gasteiger partial charge in [0.15, 0.2) is 11.6 Å². The van der Waals surface area contributed by atoms with Gasteiger partial charge in [0.25, 0.3) is 0 Å². The number of nitrogens with zero attached hydrogens (tertiary/aromatic N) is 3. The van der Waals surface area contributed by atoms with Gasteiger partial charge in [-0.25, -0.2) is 18.7 Å². The Labute approximate surface area is 155 Å². The molecular weight excluding hydrogens is 352 g/mol. The Morgan fingerprint density at radius 2 is 1.93 bits per heavy atom. The number of hydrogen-bond acceptors (Lipinski definition) is 5. The molecule has 0 bridgehead atoms. The third kappa shape index (κ3) is 3.61. The van der Waals surface area contributed by atoms with Crippen LogP contribution in [0.4, 0.5) is 14.6 Å². The van der Waals surface area contributed by atoms with Crippen molar-refractivity contribution in [2.24, 2.45) is 0 Å². The number of ether oxygens (including phenoxy) is 1. The lowest BCUT2D eigenvalue weighted by atomic mass is 10.0. The van der Waals surface area contributed by atoms with Gasteiger partial charge in [-0.3, -0.25) is 0 Å². The summed E-state index contributed by atoms with van der Waals surface area (Å²) in [5.41, 5.74) is 1.16.